The molecular weight excluding hydrogens is 496 g/mol. The molecule has 5 aliphatic carbocycles. The van der Waals surface area contributed by atoms with E-state index >= 15 is 0 Å². The van der Waals surface area contributed by atoms with Crippen molar-refractivity contribution in [1.82, 2.24) is 10.1 Å². The van der Waals surface area contributed by atoms with E-state index in [1.54, 1.807) is 0 Å². The number of carbonyl (C=O) groups excluding carboxylic acids is 2. The molecule has 5 nitrogen and oxygen atoms in total. The largest absolute Gasteiger partial charge is 0.361 e. The number of ketones is 1. The number of hydrogen-bond acceptors (Lipinski definition) is 4. The monoisotopic (exact) mass is 546 g/mol. The SMILES string of the molecule is C[C@@H]1[C@H]2[C@H]3C(=O)C=C4[C@@]5(C)Cc6cnoc6C(C)(C)[C@@H]5CC[C@@]4(C)[C@]3(C)CC[C@@]2(CN2CCCC2=O)CC[C@H]1C. The number of rotatable bonds is 2. The number of nitrogens with zero attached hydrogens (tertiary/aromatic N) is 2. The van der Waals surface area contributed by atoms with Crippen LogP contribution in [0.25, 0.3) is 0 Å². The van der Waals surface area contributed by atoms with E-state index in [-0.39, 0.29) is 33.0 Å². The Morgan fingerprint density at radius 2 is 1.80 bits per heavy atom. The summed E-state index contributed by atoms with van der Waals surface area (Å²) in [5, 5.41) is 4.23. The van der Waals surface area contributed by atoms with Crippen LogP contribution in [0.5, 0.6) is 0 Å². The Labute approximate surface area is 240 Å². The van der Waals surface area contributed by atoms with E-state index in [1.165, 1.54) is 17.6 Å². The second-order valence-corrected chi connectivity index (χ2v) is 16.5. The summed E-state index contributed by atoms with van der Waals surface area (Å²) < 4.78 is 5.84. The van der Waals surface area contributed by atoms with E-state index < -0.39 is 0 Å². The van der Waals surface area contributed by atoms with Crippen molar-refractivity contribution in [3.8, 4) is 0 Å². The van der Waals surface area contributed by atoms with Gasteiger partial charge in [0.05, 0.1) is 6.20 Å². The fourth-order valence-corrected chi connectivity index (χ4v) is 12.2. The Kier molecular flexibility index (Phi) is 5.62. The normalized spacial score (nSPS) is 47.5. The predicted molar refractivity (Wildman–Crippen MR) is 155 cm³/mol. The molecule has 9 atom stereocenters. The summed E-state index contributed by atoms with van der Waals surface area (Å²) in [4.78, 5) is 29.8. The third-order valence-electron chi connectivity index (χ3n) is 14.6. The van der Waals surface area contributed by atoms with Crippen LogP contribution in [-0.4, -0.2) is 34.8 Å². The Hall–Kier alpha value is -1.91. The summed E-state index contributed by atoms with van der Waals surface area (Å²) >= 11 is 0. The van der Waals surface area contributed by atoms with Gasteiger partial charge in [-0.15, -0.1) is 0 Å². The van der Waals surface area contributed by atoms with Gasteiger partial charge in [-0.05, 0) is 103 Å². The van der Waals surface area contributed by atoms with Crippen LogP contribution < -0.4 is 0 Å². The van der Waals surface area contributed by atoms with Crippen LogP contribution in [0, 0.1) is 51.2 Å². The molecule has 7 rings (SSSR count). The maximum absolute atomic E-state index is 14.8. The van der Waals surface area contributed by atoms with Gasteiger partial charge < -0.3 is 9.42 Å². The first-order valence-electron chi connectivity index (χ1n) is 16.3. The van der Waals surface area contributed by atoms with Crippen LogP contribution >= 0.6 is 0 Å². The van der Waals surface area contributed by atoms with E-state index in [4.69, 9.17) is 4.52 Å². The van der Waals surface area contributed by atoms with Gasteiger partial charge in [0, 0.05) is 36.4 Å². The molecule has 4 fully saturated rings. The Morgan fingerprint density at radius 1 is 1.02 bits per heavy atom. The highest BCUT2D eigenvalue weighted by molar-refractivity contribution is 5.95. The standard InChI is InChI=1S/C35H50N2O3/c1-21-10-13-35(20-37-16-8-9-27(37)39)15-14-34(7)29(28(35)22(21)2)24(38)17-26-32(5)18-23-19-36-40-30(23)31(3,4)25(32)11-12-33(26,34)6/h17,19,21-22,25,28-29H,8-16,18,20H2,1-7H3/t21-,22+,25+,28+,29-,32+,33-,34-,35-/m1/s1. The lowest BCUT2D eigenvalue weighted by atomic mass is 9.33. The van der Waals surface area contributed by atoms with Crippen LogP contribution in [0.4, 0.5) is 0 Å². The van der Waals surface area contributed by atoms with Crippen LogP contribution in [-0.2, 0) is 21.4 Å². The Bertz CT molecular complexity index is 1290. The van der Waals surface area contributed by atoms with Gasteiger partial charge in [0.15, 0.2) is 5.78 Å². The molecule has 0 N–H and O–H groups in total. The number of carbonyl (C=O) groups is 2. The minimum absolute atomic E-state index is 0.0163. The maximum Gasteiger partial charge on any atom is 0.222 e. The third kappa shape index (κ3) is 3.19. The molecule has 6 aliphatic rings. The Morgan fingerprint density at radius 3 is 2.52 bits per heavy atom. The quantitative estimate of drug-likeness (QED) is 0.395. The van der Waals surface area contributed by atoms with Gasteiger partial charge in [-0.3, -0.25) is 9.59 Å². The summed E-state index contributed by atoms with van der Waals surface area (Å²) in [7, 11) is 0. The molecule has 0 aromatic carbocycles. The molecule has 2 heterocycles. The Balaban J connectivity index is 1.35. The third-order valence-corrected chi connectivity index (χ3v) is 14.6. The first kappa shape index (κ1) is 27.0. The first-order chi connectivity index (χ1) is 18.8. The van der Waals surface area contributed by atoms with Crippen LogP contribution in [0.1, 0.15) is 111 Å². The van der Waals surface area contributed by atoms with Gasteiger partial charge >= 0.3 is 0 Å². The number of amides is 1. The maximum atomic E-state index is 14.8. The zero-order chi connectivity index (χ0) is 28.5. The topological polar surface area (TPSA) is 63.4 Å². The van der Waals surface area contributed by atoms with Crippen LogP contribution in [0.15, 0.2) is 22.4 Å². The molecule has 0 bridgehead atoms. The summed E-state index contributed by atoms with van der Waals surface area (Å²) in [5.41, 5.74) is 2.42. The predicted octanol–water partition coefficient (Wildman–Crippen LogP) is 7.15. The molecule has 1 aliphatic heterocycles. The van der Waals surface area contributed by atoms with E-state index in [1.807, 2.05) is 6.20 Å². The van der Waals surface area contributed by atoms with Crippen molar-refractivity contribution < 1.29 is 14.1 Å². The fraction of sp³-hybridized carbons (Fsp3) is 0.800. The fourth-order valence-electron chi connectivity index (χ4n) is 12.2. The molecule has 40 heavy (non-hydrogen) atoms. The van der Waals surface area contributed by atoms with Crippen molar-refractivity contribution in [2.45, 2.75) is 112 Å². The molecule has 1 aromatic heterocycles. The number of fused-ring (bicyclic) bond motifs is 8. The van der Waals surface area contributed by atoms with Gasteiger partial charge in [0.25, 0.3) is 0 Å². The van der Waals surface area contributed by atoms with E-state index in [0.717, 1.165) is 63.8 Å². The second-order valence-electron chi connectivity index (χ2n) is 16.5. The molecule has 1 saturated heterocycles. The van der Waals surface area contributed by atoms with Crippen molar-refractivity contribution in [2.75, 3.05) is 13.1 Å². The lowest BCUT2D eigenvalue weighted by Gasteiger charge is -2.70. The van der Waals surface area contributed by atoms with Crippen LogP contribution in [0.3, 0.4) is 0 Å². The number of likely N-dealkylation sites (tertiary alicyclic amines) is 1. The smallest absolute Gasteiger partial charge is 0.222 e. The molecule has 218 valence electrons. The summed E-state index contributed by atoms with van der Waals surface area (Å²) in [6.45, 7) is 18.8. The van der Waals surface area contributed by atoms with Gasteiger partial charge in [0.2, 0.25) is 5.91 Å². The number of hydrogen-bond donors (Lipinski definition) is 0. The molecule has 0 spiro atoms. The highest BCUT2D eigenvalue weighted by Gasteiger charge is 2.70. The molecule has 0 unspecified atom stereocenters. The van der Waals surface area contributed by atoms with Crippen molar-refractivity contribution in [2.24, 2.45) is 51.2 Å². The van der Waals surface area contributed by atoms with Gasteiger partial charge in [-0.1, -0.05) is 59.2 Å². The molecule has 1 amide bonds. The lowest BCUT2D eigenvalue weighted by molar-refractivity contribution is -0.181. The van der Waals surface area contributed by atoms with E-state index in [2.05, 4.69) is 64.6 Å². The van der Waals surface area contributed by atoms with Crippen LogP contribution in [0.2, 0.25) is 0 Å². The van der Waals surface area contributed by atoms with Gasteiger partial charge in [-0.2, -0.15) is 0 Å². The van der Waals surface area contributed by atoms with Gasteiger partial charge in [-0.25, -0.2) is 0 Å². The molecule has 1 aromatic rings. The first-order valence-corrected chi connectivity index (χ1v) is 16.3. The molecule has 0 radical (unpaired) electrons. The van der Waals surface area contributed by atoms with Crippen molar-refractivity contribution in [1.29, 1.82) is 0 Å². The molecular formula is C35H50N2O3. The second kappa shape index (κ2) is 8.34. The summed E-state index contributed by atoms with van der Waals surface area (Å²) in [5.74, 6) is 3.65. The highest BCUT2D eigenvalue weighted by atomic mass is 16.5. The van der Waals surface area contributed by atoms with Crippen molar-refractivity contribution in [3.63, 3.8) is 0 Å². The molecule has 5 heteroatoms. The molecule has 3 saturated carbocycles. The van der Waals surface area contributed by atoms with E-state index in [9.17, 15) is 9.59 Å². The summed E-state index contributed by atoms with van der Waals surface area (Å²) in [6, 6.07) is 0. The minimum atomic E-state index is -0.112. The number of allylic oxidation sites excluding steroid dienone is 2. The minimum Gasteiger partial charge on any atom is -0.361 e. The zero-order valence-electron chi connectivity index (χ0n) is 25.9. The summed E-state index contributed by atoms with van der Waals surface area (Å²) in [6.07, 6.45) is 13.6. The van der Waals surface area contributed by atoms with Crippen molar-refractivity contribution >= 4 is 11.7 Å². The average molecular weight is 547 g/mol. The average Bonchev–Trinajstić information content (AvgIpc) is 3.53. The van der Waals surface area contributed by atoms with Gasteiger partial charge in [0.1, 0.15) is 5.76 Å². The van der Waals surface area contributed by atoms with Crippen molar-refractivity contribution in [3.05, 3.63) is 29.2 Å². The number of aromatic nitrogens is 1. The zero-order valence-corrected chi connectivity index (χ0v) is 25.9. The lowest BCUT2D eigenvalue weighted by Crippen LogP contribution is -2.67. The highest BCUT2D eigenvalue weighted by Crippen LogP contribution is 2.74. The van der Waals surface area contributed by atoms with E-state index in [0.29, 0.717) is 41.8 Å².